The molecule has 1 atom stereocenters. The van der Waals surface area contributed by atoms with E-state index in [1.165, 1.54) is 34.4 Å². The van der Waals surface area contributed by atoms with Crippen LogP contribution in [0.4, 0.5) is 20.6 Å². The van der Waals surface area contributed by atoms with Crippen molar-refractivity contribution in [3.05, 3.63) is 82.3 Å². The van der Waals surface area contributed by atoms with Crippen molar-refractivity contribution in [1.29, 1.82) is 0 Å². The highest BCUT2D eigenvalue weighted by atomic mass is 32.1. The third-order valence-electron chi connectivity index (χ3n) is 5.35. The standard InChI is InChI=1S/C25H22FN3O5S/c1-2-34-24(32)16-5-3-6-18(13-16)27-22(30)14-21-23(31)29(19-10-8-17(26)9-11-19)25(33)28(21)15-20-7-4-12-35-20/h3-13,21H,2,14-15H2,1H3,(H,27,30). The fourth-order valence-corrected chi connectivity index (χ4v) is 4.44. The van der Waals surface area contributed by atoms with Crippen LogP contribution in [-0.2, 0) is 20.9 Å². The molecule has 1 saturated heterocycles. The number of benzene rings is 2. The number of rotatable bonds is 8. The maximum absolute atomic E-state index is 13.4. The summed E-state index contributed by atoms with van der Waals surface area (Å²) in [5.41, 5.74) is 0.860. The zero-order valence-electron chi connectivity index (χ0n) is 18.8. The Hall–Kier alpha value is -4.05. The summed E-state index contributed by atoms with van der Waals surface area (Å²) in [6, 6.07) is 13.3. The Morgan fingerprint density at radius 2 is 1.86 bits per heavy atom. The van der Waals surface area contributed by atoms with Gasteiger partial charge in [0.1, 0.15) is 11.9 Å². The zero-order chi connectivity index (χ0) is 24.9. The van der Waals surface area contributed by atoms with Crippen LogP contribution in [-0.4, -0.2) is 41.4 Å². The molecule has 1 aromatic heterocycles. The molecule has 1 aliphatic rings. The fourth-order valence-electron chi connectivity index (χ4n) is 3.74. The summed E-state index contributed by atoms with van der Waals surface area (Å²) < 4.78 is 18.4. The average molecular weight is 496 g/mol. The lowest BCUT2D eigenvalue weighted by molar-refractivity contribution is -0.124. The first-order valence-electron chi connectivity index (χ1n) is 10.9. The molecule has 4 rings (SSSR count). The Bertz CT molecular complexity index is 1250. The molecule has 8 nitrogen and oxygen atoms in total. The van der Waals surface area contributed by atoms with Crippen molar-refractivity contribution in [2.75, 3.05) is 16.8 Å². The number of thiophene rings is 1. The predicted molar refractivity (Wildman–Crippen MR) is 129 cm³/mol. The van der Waals surface area contributed by atoms with Gasteiger partial charge in [0, 0.05) is 10.6 Å². The van der Waals surface area contributed by atoms with E-state index in [0.29, 0.717) is 5.69 Å². The Morgan fingerprint density at radius 1 is 1.09 bits per heavy atom. The van der Waals surface area contributed by atoms with Gasteiger partial charge < -0.3 is 15.0 Å². The highest BCUT2D eigenvalue weighted by Crippen LogP contribution is 2.29. The first-order valence-corrected chi connectivity index (χ1v) is 11.7. The Balaban J connectivity index is 1.54. The monoisotopic (exact) mass is 495 g/mol. The molecule has 2 heterocycles. The van der Waals surface area contributed by atoms with Gasteiger partial charge in [-0.1, -0.05) is 12.1 Å². The second-order valence-electron chi connectivity index (χ2n) is 7.71. The van der Waals surface area contributed by atoms with E-state index < -0.39 is 35.7 Å². The number of esters is 1. The van der Waals surface area contributed by atoms with Crippen molar-refractivity contribution in [2.24, 2.45) is 0 Å². The maximum atomic E-state index is 13.4. The van der Waals surface area contributed by atoms with Crippen LogP contribution < -0.4 is 10.2 Å². The van der Waals surface area contributed by atoms with E-state index in [1.54, 1.807) is 25.1 Å². The molecule has 1 unspecified atom stereocenters. The minimum atomic E-state index is -1.05. The summed E-state index contributed by atoms with van der Waals surface area (Å²) in [5, 5.41) is 4.54. The molecule has 35 heavy (non-hydrogen) atoms. The van der Waals surface area contributed by atoms with E-state index in [4.69, 9.17) is 4.74 Å². The van der Waals surface area contributed by atoms with Crippen LogP contribution in [0, 0.1) is 5.82 Å². The van der Waals surface area contributed by atoms with Gasteiger partial charge in [0.05, 0.1) is 30.8 Å². The largest absolute Gasteiger partial charge is 0.462 e. The third kappa shape index (κ3) is 5.38. The number of imide groups is 1. The number of hydrogen-bond acceptors (Lipinski definition) is 6. The lowest BCUT2D eigenvalue weighted by Gasteiger charge is -2.21. The minimum Gasteiger partial charge on any atom is -0.462 e. The second-order valence-corrected chi connectivity index (χ2v) is 8.74. The molecule has 1 aliphatic heterocycles. The average Bonchev–Trinajstić information content (AvgIpc) is 3.43. The van der Waals surface area contributed by atoms with Crippen LogP contribution in [0.15, 0.2) is 66.0 Å². The SMILES string of the molecule is CCOC(=O)c1cccc(NC(=O)CC2C(=O)N(c3ccc(F)cc3)C(=O)N2Cc2cccs2)c1. The number of ether oxygens (including phenoxy) is 1. The van der Waals surface area contributed by atoms with Crippen LogP contribution in [0.5, 0.6) is 0 Å². The van der Waals surface area contributed by atoms with Crippen molar-refractivity contribution < 1.29 is 28.3 Å². The molecule has 2 aromatic carbocycles. The smallest absolute Gasteiger partial charge is 0.338 e. The van der Waals surface area contributed by atoms with Gasteiger partial charge in [-0.15, -0.1) is 11.3 Å². The van der Waals surface area contributed by atoms with Crippen LogP contribution >= 0.6 is 11.3 Å². The topological polar surface area (TPSA) is 96.0 Å². The number of anilines is 2. The van der Waals surface area contributed by atoms with Crippen molar-refractivity contribution in [2.45, 2.75) is 25.9 Å². The van der Waals surface area contributed by atoms with Crippen LogP contribution in [0.25, 0.3) is 0 Å². The molecule has 4 amide bonds. The van der Waals surface area contributed by atoms with Gasteiger partial charge in [-0.3, -0.25) is 9.59 Å². The zero-order valence-corrected chi connectivity index (χ0v) is 19.6. The molecule has 0 spiro atoms. The van der Waals surface area contributed by atoms with Crippen molar-refractivity contribution in [3.8, 4) is 0 Å². The molecule has 1 fully saturated rings. The molecule has 0 radical (unpaired) electrons. The van der Waals surface area contributed by atoms with E-state index in [1.807, 2.05) is 17.5 Å². The van der Waals surface area contributed by atoms with Crippen molar-refractivity contribution >= 4 is 46.5 Å². The normalized spacial score (nSPS) is 15.4. The van der Waals surface area contributed by atoms with E-state index in [2.05, 4.69) is 5.32 Å². The maximum Gasteiger partial charge on any atom is 0.338 e. The van der Waals surface area contributed by atoms with Gasteiger partial charge in [0.15, 0.2) is 0 Å². The van der Waals surface area contributed by atoms with E-state index in [-0.39, 0.29) is 30.8 Å². The molecule has 0 saturated carbocycles. The molecular formula is C25H22FN3O5S. The first-order chi connectivity index (χ1) is 16.9. The van der Waals surface area contributed by atoms with Crippen LogP contribution in [0.1, 0.15) is 28.6 Å². The summed E-state index contributed by atoms with van der Waals surface area (Å²) in [5.74, 6) is -2.09. The fraction of sp³-hybridized carbons (Fsp3) is 0.200. The molecule has 0 bridgehead atoms. The number of carbonyl (C=O) groups is 4. The Morgan fingerprint density at radius 3 is 2.54 bits per heavy atom. The number of carbonyl (C=O) groups excluding carboxylic acids is 4. The summed E-state index contributed by atoms with van der Waals surface area (Å²) >= 11 is 1.43. The molecule has 0 aliphatic carbocycles. The van der Waals surface area contributed by atoms with E-state index in [0.717, 1.165) is 21.9 Å². The van der Waals surface area contributed by atoms with Crippen LogP contribution in [0.3, 0.4) is 0 Å². The Labute approximate surface area is 204 Å². The lowest BCUT2D eigenvalue weighted by atomic mass is 10.1. The highest BCUT2D eigenvalue weighted by molar-refractivity contribution is 7.09. The van der Waals surface area contributed by atoms with Gasteiger partial charge in [0.25, 0.3) is 5.91 Å². The highest BCUT2D eigenvalue weighted by Gasteiger charge is 2.46. The van der Waals surface area contributed by atoms with Crippen molar-refractivity contribution in [1.82, 2.24) is 4.90 Å². The quantitative estimate of drug-likeness (QED) is 0.368. The molecule has 3 aromatic rings. The Kier molecular flexibility index (Phi) is 7.21. The van der Waals surface area contributed by atoms with Gasteiger partial charge in [0.2, 0.25) is 5.91 Å². The molecule has 10 heteroatoms. The summed E-state index contributed by atoms with van der Waals surface area (Å²) in [6.45, 7) is 2.06. The van der Waals surface area contributed by atoms with E-state index in [9.17, 15) is 23.6 Å². The van der Waals surface area contributed by atoms with Gasteiger partial charge in [-0.2, -0.15) is 0 Å². The summed E-state index contributed by atoms with van der Waals surface area (Å²) in [6.07, 6.45) is -0.294. The minimum absolute atomic E-state index is 0.149. The van der Waals surface area contributed by atoms with Gasteiger partial charge in [-0.25, -0.2) is 18.9 Å². The number of amides is 4. The van der Waals surface area contributed by atoms with Crippen molar-refractivity contribution in [3.63, 3.8) is 0 Å². The second kappa shape index (κ2) is 10.5. The van der Waals surface area contributed by atoms with E-state index >= 15 is 0 Å². The molecule has 1 N–H and O–H groups in total. The summed E-state index contributed by atoms with van der Waals surface area (Å²) in [7, 11) is 0. The van der Waals surface area contributed by atoms with Crippen LogP contribution in [0.2, 0.25) is 0 Å². The number of nitrogens with zero attached hydrogens (tertiary/aromatic N) is 2. The summed E-state index contributed by atoms with van der Waals surface area (Å²) in [4.78, 5) is 54.5. The number of hydrogen-bond donors (Lipinski definition) is 1. The van der Waals surface area contributed by atoms with Gasteiger partial charge >= 0.3 is 12.0 Å². The third-order valence-corrected chi connectivity index (χ3v) is 6.21. The number of urea groups is 1. The first kappa shape index (κ1) is 24.1. The molecular weight excluding hydrogens is 473 g/mol. The predicted octanol–water partition coefficient (Wildman–Crippen LogP) is 4.43. The molecule has 180 valence electrons. The lowest BCUT2D eigenvalue weighted by Crippen LogP contribution is -2.37. The van der Waals surface area contributed by atoms with Gasteiger partial charge in [-0.05, 0) is 60.8 Å². The number of nitrogens with one attached hydrogen (secondary N) is 1. The number of halogens is 1.